The molecule has 2 heterocycles. The number of nitrogens with one attached hydrogen (secondary N) is 1. The van der Waals surface area contributed by atoms with Gasteiger partial charge in [0.25, 0.3) is 5.91 Å². The third-order valence-electron chi connectivity index (χ3n) is 2.26. The van der Waals surface area contributed by atoms with Gasteiger partial charge in [-0.15, -0.1) is 0 Å². The Morgan fingerprint density at radius 2 is 2.21 bits per heavy atom. The maximum Gasteiger partial charge on any atom is 0.327 e. The van der Waals surface area contributed by atoms with Crippen molar-refractivity contribution >= 4 is 17.6 Å². The lowest BCUT2D eigenvalue weighted by Crippen LogP contribution is -2.13. The van der Waals surface area contributed by atoms with E-state index in [0.717, 1.165) is 0 Å². The maximum absolute atomic E-state index is 11.8. The number of esters is 1. The summed E-state index contributed by atoms with van der Waals surface area (Å²) in [4.78, 5) is 22.8. The summed E-state index contributed by atoms with van der Waals surface area (Å²) in [6.45, 7) is -0.0107. The first kappa shape index (κ1) is 12.7. The minimum atomic E-state index is -0.417. The van der Waals surface area contributed by atoms with E-state index in [-0.39, 0.29) is 12.5 Å². The number of carbonyl (C=O) groups is 2. The Labute approximate surface area is 108 Å². The van der Waals surface area contributed by atoms with Crippen molar-refractivity contribution in [2.75, 3.05) is 12.4 Å². The van der Waals surface area contributed by atoms with Crippen LogP contribution in [0.15, 0.2) is 30.9 Å². The largest absolute Gasteiger partial charge is 0.468 e. The average molecular weight is 261 g/mol. The zero-order valence-corrected chi connectivity index (χ0v) is 10.1. The number of carbonyl (C=O) groups excluding carboxylic acids is 2. The lowest BCUT2D eigenvalue weighted by molar-refractivity contribution is -0.141. The number of rotatable bonds is 4. The van der Waals surface area contributed by atoms with E-state index in [2.05, 4.69) is 25.3 Å². The summed E-state index contributed by atoms with van der Waals surface area (Å²) < 4.78 is 5.88. The molecule has 0 aromatic carbocycles. The van der Waals surface area contributed by atoms with E-state index >= 15 is 0 Å². The van der Waals surface area contributed by atoms with Crippen LogP contribution in [0.2, 0.25) is 0 Å². The van der Waals surface area contributed by atoms with Gasteiger partial charge in [-0.1, -0.05) is 0 Å². The Bertz CT molecular complexity index is 581. The van der Waals surface area contributed by atoms with Gasteiger partial charge in [0.15, 0.2) is 0 Å². The van der Waals surface area contributed by atoms with E-state index in [4.69, 9.17) is 0 Å². The second-order valence-electron chi connectivity index (χ2n) is 3.59. The van der Waals surface area contributed by atoms with Crippen LogP contribution in [0, 0.1) is 0 Å². The predicted molar refractivity (Wildman–Crippen MR) is 64.2 cm³/mol. The monoisotopic (exact) mass is 261 g/mol. The van der Waals surface area contributed by atoms with Crippen LogP contribution < -0.4 is 5.32 Å². The van der Waals surface area contributed by atoms with Crippen LogP contribution in [0.25, 0.3) is 0 Å². The fraction of sp³-hybridized carbons (Fsp3) is 0.182. The van der Waals surface area contributed by atoms with Crippen LogP contribution in [-0.4, -0.2) is 39.0 Å². The van der Waals surface area contributed by atoms with Gasteiger partial charge < -0.3 is 10.1 Å². The lowest BCUT2D eigenvalue weighted by atomic mass is 10.3. The van der Waals surface area contributed by atoms with Crippen molar-refractivity contribution in [3.05, 3.63) is 36.4 Å². The van der Waals surface area contributed by atoms with Crippen LogP contribution in [0.4, 0.5) is 5.69 Å². The van der Waals surface area contributed by atoms with Crippen LogP contribution >= 0.6 is 0 Å². The van der Waals surface area contributed by atoms with E-state index in [1.165, 1.54) is 36.6 Å². The molecule has 0 saturated carbocycles. The number of anilines is 1. The molecule has 0 radical (unpaired) electrons. The van der Waals surface area contributed by atoms with Gasteiger partial charge in [-0.05, 0) is 6.07 Å². The van der Waals surface area contributed by atoms with Gasteiger partial charge in [-0.3, -0.25) is 14.3 Å². The lowest BCUT2D eigenvalue weighted by Gasteiger charge is -2.01. The molecule has 0 fully saturated rings. The van der Waals surface area contributed by atoms with Gasteiger partial charge in [0.2, 0.25) is 0 Å². The second-order valence-corrected chi connectivity index (χ2v) is 3.59. The third kappa shape index (κ3) is 3.35. The molecule has 0 aliphatic carbocycles. The molecule has 1 N–H and O–H groups in total. The Morgan fingerprint density at radius 3 is 2.89 bits per heavy atom. The van der Waals surface area contributed by atoms with Gasteiger partial charge in [0, 0.05) is 6.20 Å². The van der Waals surface area contributed by atoms with Crippen molar-refractivity contribution in [1.82, 2.24) is 20.0 Å². The molecule has 8 heteroatoms. The molecule has 8 nitrogen and oxygen atoms in total. The summed E-state index contributed by atoms with van der Waals surface area (Å²) in [5.41, 5.74) is 0.862. The first-order valence-electron chi connectivity index (χ1n) is 5.36. The van der Waals surface area contributed by atoms with Gasteiger partial charge in [0.05, 0.1) is 37.0 Å². The zero-order chi connectivity index (χ0) is 13.7. The molecule has 0 spiro atoms. The quantitative estimate of drug-likeness (QED) is 0.783. The minimum absolute atomic E-state index is 0.0107. The maximum atomic E-state index is 11.8. The van der Waals surface area contributed by atoms with Gasteiger partial charge in [-0.2, -0.15) is 15.3 Å². The summed E-state index contributed by atoms with van der Waals surface area (Å²) in [5.74, 6) is -0.744. The van der Waals surface area contributed by atoms with Crippen molar-refractivity contribution in [2.24, 2.45) is 0 Å². The summed E-state index contributed by atoms with van der Waals surface area (Å²) in [5, 5.41) is 13.7. The third-order valence-corrected chi connectivity index (χ3v) is 2.26. The highest BCUT2D eigenvalue weighted by Gasteiger charge is 2.09. The van der Waals surface area contributed by atoms with Gasteiger partial charge >= 0.3 is 5.97 Å². The Hall–Kier alpha value is -2.77. The molecule has 0 aliphatic heterocycles. The second kappa shape index (κ2) is 5.71. The van der Waals surface area contributed by atoms with E-state index in [0.29, 0.717) is 11.3 Å². The van der Waals surface area contributed by atoms with Crippen molar-refractivity contribution < 1.29 is 14.3 Å². The normalized spacial score (nSPS) is 9.95. The molecular formula is C11H11N5O3. The molecule has 0 unspecified atom stereocenters. The Morgan fingerprint density at radius 1 is 1.37 bits per heavy atom. The van der Waals surface area contributed by atoms with Crippen LogP contribution in [-0.2, 0) is 16.1 Å². The van der Waals surface area contributed by atoms with E-state index in [1.807, 2.05) is 0 Å². The summed E-state index contributed by atoms with van der Waals surface area (Å²) in [6.07, 6.45) is 5.75. The highest BCUT2D eigenvalue weighted by atomic mass is 16.5. The Balaban J connectivity index is 2.00. The fourth-order valence-electron chi connectivity index (χ4n) is 1.34. The summed E-state index contributed by atoms with van der Waals surface area (Å²) >= 11 is 0. The average Bonchev–Trinajstić information content (AvgIpc) is 2.86. The van der Waals surface area contributed by atoms with E-state index in [1.54, 1.807) is 6.07 Å². The predicted octanol–water partition coefficient (Wildman–Crippen LogP) is 0.0984. The number of nitrogens with zero attached hydrogens (tertiary/aromatic N) is 4. The number of aromatic nitrogens is 4. The highest BCUT2D eigenvalue weighted by molar-refractivity contribution is 6.03. The smallest absolute Gasteiger partial charge is 0.327 e. The number of hydrogen-bond acceptors (Lipinski definition) is 6. The number of ether oxygens (including phenoxy) is 1. The molecule has 0 saturated heterocycles. The molecular weight excluding hydrogens is 250 g/mol. The van der Waals surface area contributed by atoms with Gasteiger partial charge in [0.1, 0.15) is 6.54 Å². The fourth-order valence-corrected chi connectivity index (χ4v) is 1.34. The van der Waals surface area contributed by atoms with Crippen molar-refractivity contribution in [1.29, 1.82) is 0 Å². The van der Waals surface area contributed by atoms with Crippen LogP contribution in [0.1, 0.15) is 10.4 Å². The van der Waals surface area contributed by atoms with E-state index < -0.39 is 5.97 Å². The van der Waals surface area contributed by atoms with Crippen LogP contribution in [0.5, 0.6) is 0 Å². The van der Waals surface area contributed by atoms with Gasteiger partial charge in [-0.25, -0.2) is 0 Å². The molecule has 2 aromatic heterocycles. The molecule has 2 rings (SSSR count). The Kier molecular flexibility index (Phi) is 3.81. The summed E-state index contributed by atoms with van der Waals surface area (Å²) in [7, 11) is 1.30. The SMILES string of the molecule is COC(=O)Cn1cc(NC(=O)c2ccnnc2)cn1. The summed E-state index contributed by atoms with van der Waals surface area (Å²) in [6, 6.07) is 1.54. The molecule has 0 aliphatic rings. The van der Waals surface area contributed by atoms with Crippen molar-refractivity contribution in [3.63, 3.8) is 0 Å². The molecule has 98 valence electrons. The number of methoxy groups -OCH3 is 1. The van der Waals surface area contributed by atoms with Crippen molar-refractivity contribution in [2.45, 2.75) is 6.54 Å². The number of hydrogen-bond donors (Lipinski definition) is 1. The molecule has 1 amide bonds. The first-order valence-corrected chi connectivity index (χ1v) is 5.36. The molecule has 2 aromatic rings. The zero-order valence-electron chi connectivity index (χ0n) is 10.1. The highest BCUT2D eigenvalue weighted by Crippen LogP contribution is 2.07. The van der Waals surface area contributed by atoms with Crippen molar-refractivity contribution in [3.8, 4) is 0 Å². The van der Waals surface area contributed by atoms with E-state index in [9.17, 15) is 9.59 Å². The molecule has 0 bridgehead atoms. The first-order chi connectivity index (χ1) is 9.19. The topological polar surface area (TPSA) is 99.0 Å². The molecule has 0 atom stereocenters. The molecule has 19 heavy (non-hydrogen) atoms. The number of amides is 1. The standard InChI is InChI=1S/C11H11N5O3/c1-19-10(17)7-16-6-9(5-14-16)15-11(18)8-2-3-12-13-4-8/h2-6H,7H2,1H3,(H,15,18). The van der Waals surface area contributed by atoms with Crippen LogP contribution in [0.3, 0.4) is 0 Å². The minimum Gasteiger partial charge on any atom is -0.468 e.